The normalized spacial score (nSPS) is 10.9. The molecule has 0 saturated heterocycles. The lowest BCUT2D eigenvalue weighted by atomic mass is 10.0. The lowest BCUT2D eigenvalue weighted by molar-refractivity contribution is -0.139. The molecule has 2 rings (SSSR count). The monoisotopic (exact) mass is 465 g/mol. The Kier molecular flexibility index (Phi) is 6.62. The molecule has 0 unspecified atom stereocenters. The van der Waals surface area contributed by atoms with Crippen molar-refractivity contribution in [2.45, 2.75) is 0 Å². The molecule has 0 aliphatic carbocycles. The highest BCUT2D eigenvalue weighted by molar-refractivity contribution is 9.10. The molecular formula is C18H13Br2NO4. The van der Waals surface area contributed by atoms with E-state index in [-0.39, 0.29) is 0 Å². The number of nitriles is 1. The topological polar surface area (TPSA) is 79.5 Å². The summed E-state index contributed by atoms with van der Waals surface area (Å²) in [5, 5.41) is 18.2. The average molecular weight is 467 g/mol. The minimum absolute atomic E-state index is 0.296. The van der Waals surface area contributed by atoms with E-state index in [9.17, 15) is 10.1 Å². The first kappa shape index (κ1) is 19.0. The molecule has 1 N–H and O–H groups in total. The summed E-state index contributed by atoms with van der Waals surface area (Å²) in [6.07, 6.45) is 1.72. The molecule has 0 aliphatic heterocycles. The van der Waals surface area contributed by atoms with Crippen molar-refractivity contribution in [3.8, 4) is 17.6 Å². The van der Waals surface area contributed by atoms with Crippen molar-refractivity contribution >= 4 is 49.5 Å². The number of carboxylic acids is 1. The number of hydrogen-bond donors (Lipinski definition) is 1. The van der Waals surface area contributed by atoms with Crippen molar-refractivity contribution in [1.82, 2.24) is 0 Å². The second-order valence-electron chi connectivity index (χ2n) is 4.89. The molecule has 7 heteroatoms. The van der Waals surface area contributed by atoms with Crippen LogP contribution in [0.25, 0.3) is 11.6 Å². The largest absolute Gasteiger partial charge is 0.493 e. The zero-order valence-corrected chi connectivity index (χ0v) is 16.3. The van der Waals surface area contributed by atoms with Crippen molar-refractivity contribution in [1.29, 1.82) is 5.26 Å². The second kappa shape index (κ2) is 8.70. The van der Waals surface area contributed by atoms with Gasteiger partial charge < -0.3 is 14.6 Å². The molecule has 0 heterocycles. The van der Waals surface area contributed by atoms with Gasteiger partial charge in [0.2, 0.25) is 0 Å². The van der Waals surface area contributed by atoms with Crippen LogP contribution in [0.2, 0.25) is 0 Å². The first-order chi connectivity index (χ1) is 11.9. The molecule has 0 aliphatic rings. The fourth-order valence-corrected chi connectivity index (χ4v) is 2.91. The molecule has 0 bridgehead atoms. The minimum atomic E-state index is -1.08. The summed E-state index contributed by atoms with van der Waals surface area (Å²) < 4.78 is 12.0. The molecule has 0 spiro atoms. The Hall–Kier alpha value is -2.30. The Morgan fingerprint density at radius 1 is 1.28 bits per heavy atom. The number of ether oxygens (including phenoxy) is 2. The number of carboxylic acid groups (broad SMARTS) is 1. The van der Waals surface area contributed by atoms with E-state index < -0.39 is 12.6 Å². The number of hydrogen-bond acceptors (Lipinski definition) is 4. The van der Waals surface area contributed by atoms with Gasteiger partial charge in [-0.3, -0.25) is 0 Å². The SMILES string of the molecule is COc1cc(/C=C(\C#N)c2ccc(Br)cc2)cc(Br)c1OCC(=O)O. The quantitative estimate of drug-likeness (QED) is 0.491. The third kappa shape index (κ3) is 5.08. The third-order valence-electron chi connectivity index (χ3n) is 3.18. The standard InChI is InChI=1S/C18H13Br2NO4/c1-24-16-8-11(7-15(20)18(16)25-10-17(22)23)6-13(9-21)12-2-4-14(19)5-3-12/h2-8H,10H2,1H3,(H,22,23)/b13-6+. The van der Waals surface area contributed by atoms with E-state index in [4.69, 9.17) is 14.6 Å². The number of nitrogens with zero attached hydrogens (tertiary/aromatic N) is 1. The molecule has 0 saturated carbocycles. The number of carbonyl (C=O) groups is 1. The molecule has 2 aromatic rings. The third-order valence-corrected chi connectivity index (χ3v) is 4.30. The van der Waals surface area contributed by atoms with E-state index in [0.29, 0.717) is 27.1 Å². The van der Waals surface area contributed by atoms with Gasteiger partial charge in [-0.1, -0.05) is 28.1 Å². The van der Waals surface area contributed by atoms with E-state index in [1.165, 1.54) is 7.11 Å². The van der Waals surface area contributed by atoms with E-state index in [1.54, 1.807) is 18.2 Å². The summed E-state index contributed by atoms with van der Waals surface area (Å²) in [7, 11) is 1.46. The fourth-order valence-electron chi connectivity index (χ4n) is 2.07. The highest BCUT2D eigenvalue weighted by Gasteiger charge is 2.13. The smallest absolute Gasteiger partial charge is 0.341 e. The molecule has 128 valence electrons. The molecule has 0 aromatic heterocycles. The Bertz CT molecular complexity index is 855. The van der Waals surface area contributed by atoms with Crippen molar-refractivity contribution in [2.24, 2.45) is 0 Å². The van der Waals surface area contributed by atoms with E-state index in [0.717, 1.165) is 10.0 Å². The highest BCUT2D eigenvalue weighted by atomic mass is 79.9. The van der Waals surface area contributed by atoms with E-state index in [1.807, 2.05) is 24.3 Å². The Morgan fingerprint density at radius 2 is 1.96 bits per heavy atom. The van der Waals surface area contributed by atoms with Crippen molar-refractivity contribution in [2.75, 3.05) is 13.7 Å². The second-order valence-corrected chi connectivity index (χ2v) is 6.66. The van der Waals surface area contributed by atoms with Crippen LogP contribution in [0.3, 0.4) is 0 Å². The Morgan fingerprint density at radius 3 is 2.52 bits per heavy atom. The zero-order valence-electron chi connectivity index (χ0n) is 13.1. The van der Waals surface area contributed by atoms with Crippen LogP contribution < -0.4 is 9.47 Å². The molecule has 0 radical (unpaired) electrons. The van der Waals surface area contributed by atoms with E-state index >= 15 is 0 Å². The molecular weight excluding hydrogens is 454 g/mol. The summed E-state index contributed by atoms with van der Waals surface area (Å²) in [6.45, 7) is -0.480. The van der Waals surface area contributed by atoms with Crippen LogP contribution in [0.5, 0.6) is 11.5 Å². The molecule has 0 amide bonds. The van der Waals surface area contributed by atoms with Crippen LogP contribution in [0.1, 0.15) is 11.1 Å². The Labute approximate surface area is 161 Å². The maximum Gasteiger partial charge on any atom is 0.341 e. The van der Waals surface area contributed by atoms with Crippen LogP contribution >= 0.6 is 31.9 Å². The summed E-state index contributed by atoms with van der Waals surface area (Å²) in [5.41, 5.74) is 1.98. The van der Waals surface area contributed by atoms with Crippen LogP contribution in [0.15, 0.2) is 45.3 Å². The zero-order chi connectivity index (χ0) is 18.4. The first-order valence-corrected chi connectivity index (χ1v) is 8.63. The summed E-state index contributed by atoms with van der Waals surface area (Å²) in [6, 6.07) is 13.0. The molecule has 0 atom stereocenters. The predicted molar refractivity (Wildman–Crippen MR) is 101 cm³/mol. The van der Waals surface area contributed by atoms with Gasteiger partial charge in [-0.05, 0) is 57.4 Å². The van der Waals surface area contributed by atoms with Crippen LogP contribution in [0, 0.1) is 11.3 Å². The summed E-state index contributed by atoms with van der Waals surface area (Å²) in [5.74, 6) is -0.417. The van der Waals surface area contributed by atoms with Gasteiger partial charge in [0.15, 0.2) is 18.1 Å². The summed E-state index contributed by atoms with van der Waals surface area (Å²) in [4.78, 5) is 10.7. The number of aliphatic carboxylic acids is 1. The van der Waals surface area contributed by atoms with Crippen LogP contribution in [-0.2, 0) is 4.79 Å². The van der Waals surface area contributed by atoms with Gasteiger partial charge in [0, 0.05) is 4.47 Å². The van der Waals surface area contributed by atoms with Crippen LogP contribution in [-0.4, -0.2) is 24.8 Å². The van der Waals surface area contributed by atoms with Gasteiger partial charge >= 0.3 is 5.97 Å². The van der Waals surface area contributed by atoms with Gasteiger partial charge in [-0.2, -0.15) is 5.26 Å². The van der Waals surface area contributed by atoms with Gasteiger partial charge in [-0.25, -0.2) is 4.79 Å². The van der Waals surface area contributed by atoms with Crippen LogP contribution in [0.4, 0.5) is 0 Å². The van der Waals surface area contributed by atoms with Crippen molar-refractivity contribution in [3.63, 3.8) is 0 Å². The van der Waals surface area contributed by atoms with E-state index in [2.05, 4.69) is 37.9 Å². The minimum Gasteiger partial charge on any atom is -0.493 e. The number of halogens is 2. The predicted octanol–water partition coefficient (Wildman–Crippen LogP) is 4.75. The molecule has 5 nitrogen and oxygen atoms in total. The highest BCUT2D eigenvalue weighted by Crippen LogP contribution is 2.37. The molecule has 2 aromatic carbocycles. The summed E-state index contributed by atoms with van der Waals surface area (Å²) >= 11 is 6.71. The fraction of sp³-hybridized carbons (Fsp3) is 0.111. The lowest BCUT2D eigenvalue weighted by Gasteiger charge is -2.12. The van der Waals surface area contributed by atoms with Crippen molar-refractivity contribution in [3.05, 3.63) is 56.5 Å². The molecule has 0 fully saturated rings. The van der Waals surface area contributed by atoms with Gasteiger partial charge in [0.25, 0.3) is 0 Å². The number of methoxy groups -OCH3 is 1. The average Bonchev–Trinajstić information content (AvgIpc) is 2.59. The molecule has 25 heavy (non-hydrogen) atoms. The van der Waals surface area contributed by atoms with Crippen molar-refractivity contribution < 1.29 is 19.4 Å². The number of benzene rings is 2. The van der Waals surface area contributed by atoms with Gasteiger partial charge in [-0.15, -0.1) is 0 Å². The van der Waals surface area contributed by atoms with Gasteiger partial charge in [0.05, 0.1) is 23.2 Å². The number of rotatable bonds is 6. The lowest BCUT2D eigenvalue weighted by Crippen LogP contribution is -2.10. The maximum atomic E-state index is 10.7. The number of allylic oxidation sites excluding steroid dienone is 1. The maximum absolute atomic E-state index is 10.7. The Balaban J connectivity index is 2.41. The van der Waals surface area contributed by atoms with Gasteiger partial charge in [0.1, 0.15) is 0 Å². The first-order valence-electron chi connectivity index (χ1n) is 7.04.